The van der Waals surface area contributed by atoms with E-state index in [4.69, 9.17) is 5.11 Å². The predicted octanol–water partition coefficient (Wildman–Crippen LogP) is 5.76. The summed E-state index contributed by atoms with van der Waals surface area (Å²) >= 11 is 0. The normalized spacial score (nSPS) is 16.8. The second kappa shape index (κ2) is 6.10. The molecule has 5 rings (SSSR count). The number of benzene rings is 2. The summed E-state index contributed by atoms with van der Waals surface area (Å²) in [4.78, 5) is 14.7. The molecule has 0 fully saturated rings. The average molecular weight is 371 g/mol. The van der Waals surface area contributed by atoms with Crippen molar-refractivity contribution in [1.29, 1.82) is 0 Å². The van der Waals surface area contributed by atoms with E-state index in [9.17, 15) is 4.79 Å². The first kappa shape index (κ1) is 17.3. The molecule has 0 atom stereocenters. The first-order valence-corrected chi connectivity index (χ1v) is 10.1. The first-order valence-electron chi connectivity index (χ1n) is 10.1. The molecule has 0 saturated heterocycles. The second-order valence-electron chi connectivity index (χ2n) is 8.84. The number of nitrogens with one attached hydrogen (secondary N) is 1. The minimum absolute atomic E-state index is 0.238. The molecule has 142 valence electrons. The topological polar surface area (TPSA) is 53.1 Å². The summed E-state index contributed by atoms with van der Waals surface area (Å²) in [7, 11) is 0. The summed E-state index contributed by atoms with van der Waals surface area (Å²) in [5, 5.41) is 9.14. The van der Waals surface area contributed by atoms with Crippen molar-refractivity contribution >= 4 is 5.97 Å². The van der Waals surface area contributed by atoms with Gasteiger partial charge in [0.2, 0.25) is 0 Å². The summed E-state index contributed by atoms with van der Waals surface area (Å²) in [5.41, 5.74) is 11.3. The lowest BCUT2D eigenvalue weighted by Gasteiger charge is -2.34. The smallest absolute Gasteiger partial charge is 0.335 e. The first-order chi connectivity index (χ1) is 13.4. The van der Waals surface area contributed by atoms with Crippen molar-refractivity contribution < 1.29 is 9.90 Å². The van der Waals surface area contributed by atoms with E-state index in [-0.39, 0.29) is 5.41 Å². The third-order valence-corrected chi connectivity index (χ3v) is 6.65. The Morgan fingerprint density at radius 2 is 1.79 bits per heavy atom. The number of fused-ring (bicyclic) bond motifs is 4. The number of aryl methyl sites for hydroxylation is 2. The average Bonchev–Trinajstić information content (AvgIpc) is 3.11. The van der Waals surface area contributed by atoms with Crippen molar-refractivity contribution in [2.45, 2.75) is 51.4 Å². The number of carboxylic acids is 1. The van der Waals surface area contributed by atoms with Gasteiger partial charge in [-0.3, -0.25) is 0 Å². The van der Waals surface area contributed by atoms with Gasteiger partial charge >= 0.3 is 5.97 Å². The van der Waals surface area contributed by atoms with Gasteiger partial charge in [-0.1, -0.05) is 32.0 Å². The maximum Gasteiger partial charge on any atom is 0.335 e. The number of H-pyrrole nitrogens is 1. The van der Waals surface area contributed by atoms with Crippen LogP contribution in [0.2, 0.25) is 0 Å². The lowest BCUT2D eigenvalue weighted by Crippen LogP contribution is -2.24. The number of aromatic carboxylic acids is 1. The molecule has 0 unspecified atom stereocenters. The van der Waals surface area contributed by atoms with Crippen LogP contribution in [0.1, 0.15) is 59.3 Å². The van der Waals surface area contributed by atoms with E-state index < -0.39 is 5.97 Å². The van der Waals surface area contributed by atoms with Crippen LogP contribution in [-0.2, 0) is 24.7 Å². The summed E-state index contributed by atoms with van der Waals surface area (Å²) in [6, 6.07) is 12.1. The summed E-state index contributed by atoms with van der Waals surface area (Å²) in [5.74, 6) is -0.885. The molecule has 0 radical (unpaired) electrons. The molecular weight excluding hydrogens is 346 g/mol. The Morgan fingerprint density at radius 1 is 1.00 bits per heavy atom. The highest BCUT2D eigenvalue weighted by atomic mass is 16.4. The maximum atomic E-state index is 11.1. The van der Waals surface area contributed by atoms with Crippen LogP contribution in [0.3, 0.4) is 0 Å². The number of aromatic amines is 1. The van der Waals surface area contributed by atoms with Crippen molar-refractivity contribution in [2.24, 2.45) is 0 Å². The molecule has 28 heavy (non-hydrogen) atoms. The van der Waals surface area contributed by atoms with Crippen LogP contribution in [0.5, 0.6) is 0 Å². The molecule has 0 spiro atoms. The van der Waals surface area contributed by atoms with E-state index >= 15 is 0 Å². The molecule has 0 aliphatic heterocycles. The number of carboxylic acid groups (broad SMARTS) is 1. The SMILES string of the molecule is CC1(C)CCCc2cc3c(cc21)-c1[nH]cc(-c2ccc(C(=O)O)cc2)c1CC3. The fourth-order valence-electron chi connectivity index (χ4n) is 5.09. The number of aromatic nitrogens is 1. The molecule has 0 bridgehead atoms. The van der Waals surface area contributed by atoms with Gasteiger partial charge in [0.15, 0.2) is 0 Å². The van der Waals surface area contributed by atoms with Gasteiger partial charge in [-0.15, -0.1) is 0 Å². The van der Waals surface area contributed by atoms with Gasteiger partial charge in [-0.2, -0.15) is 0 Å². The van der Waals surface area contributed by atoms with Crippen LogP contribution in [0.15, 0.2) is 42.6 Å². The Balaban J connectivity index is 1.61. The van der Waals surface area contributed by atoms with Crippen molar-refractivity contribution in [3.05, 3.63) is 70.4 Å². The minimum Gasteiger partial charge on any atom is -0.478 e. The van der Waals surface area contributed by atoms with Gasteiger partial charge in [0.1, 0.15) is 0 Å². The minimum atomic E-state index is -0.885. The molecule has 1 aromatic heterocycles. The number of rotatable bonds is 2. The molecule has 3 nitrogen and oxygen atoms in total. The Labute approximate surface area is 165 Å². The fourth-order valence-corrected chi connectivity index (χ4v) is 5.09. The Kier molecular flexibility index (Phi) is 3.77. The standard InChI is InChI=1S/C25H25NO2/c1-25(2)11-3-4-18-12-17-9-10-19-21(14-26-23(19)20(17)13-22(18)25)15-5-7-16(8-6-15)24(27)28/h5-8,12-14,26H,3-4,9-11H2,1-2H3,(H,27,28). The quantitative estimate of drug-likeness (QED) is 0.602. The van der Waals surface area contributed by atoms with Crippen LogP contribution in [0.4, 0.5) is 0 Å². The van der Waals surface area contributed by atoms with E-state index in [0.29, 0.717) is 5.56 Å². The van der Waals surface area contributed by atoms with Crippen molar-refractivity contribution in [2.75, 3.05) is 0 Å². The van der Waals surface area contributed by atoms with Crippen LogP contribution in [0, 0.1) is 0 Å². The summed E-state index contributed by atoms with van der Waals surface area (Å²) in [6.07, 6.45) is 7.89. The monoisotopic (exact) mass is 371 g/mol. The van der Waals surface area contributed by atoms with Gasteiger partial charge in [0.05, 0.1) is 5.56 Å². The molecule has 0 amide bonds. The third kappa shape index (κ3) is 2.61. The zero-order chi connectivity index (χ0) is 19.5. The van der Waals surface area contributed by atoms with Crippen molar-refractivity contribution in [3.8, 4) is 22.4 Å². The number of hydrogen-bond acceptors (Lipinski definition) is 1. The fraction of sp³-hybridized carbons (Fsp3) is 0.320. The molecule has 1 heterocycles. The van der Waals surface area contributed by atoms with Crippen LogP contribution >= 0.6 is 0 Å². The van der Waals surface area contributed by atoms with E-state index in [1.54, 1.807) is 12.1 Å². The van der Waals surface area contributed by atoms with Gasteiger partial charge in [-0.05, 0) is 83.5 Å². The molecular formula is C25H25NO2. The third-order valence-electron chi connectivity index (χ3n) is 6.65. The molecule has 2 aliphatic carbocycles. The zero-order valence-electron chi connectivity index (χ0n) is 16.4. The molecule has 2 N–H and O–H groups in total. The highest BCUT2D eigenvalue weighted by Crippen LogP contribution is 2.44. The van der Waals surface area contributed by atoms with Gasteiger partial charge in [0.25, 0.3) is 0 Å². The molecule has 3 heteroatoms. The highest BCUT2D eigenvalue weighted by Gasteiger charge is 2.30. The molecule has 3 aromatic rings. The van der Waals surface area contributed by atoms with Gasteiger partial charge in [0, 0.05) is 23.0 Å². The van der Waals surface area contributed by atoms with Crippen molar-refractivity contribution in [3.63, 3.8) is 0 Å². The maximum absolute atomic E-state index is 11.1. The van der Waals surface area contributed by atoms with E-state index in [1.807, 2.05) is 12.1 Å². The summed E-state index contributed by atoms with van der Waals surface area (Å²) < 4.78 is 0. The lowest BCUT2D eigenvalue weighted by molar-refractivity contribution is 0.0697. The molecule has 2 aromatic carbocycles. The van der Waals surface area contributed by atoms with Crippen LogP contribution in [-0.4, -0.2) is 16.1 Å². The number of hydrogen-bond donors (Lipinski definition) is 2. The predicted molar refractivity (Wildman–Crippen MR) is 112 cm³/mol. The lowest BCUT2D eigenvalue weighted by atomic mass is 9.70. The van der Waals surface area contributed by atoms with E-state index in [2.05, 4.69) is 37.2 Å². The van der Waals surface area contributed by atoms with E-state index in [0.717, 1.165) is 18.4 Å². The van der Waals surface area contributed by atoms with E-state index in [1.165, 1.54) is 58.3 Å². The van der Waals surface area contributed by atoms with Gasteiger partial charge in [-0.25, -0.2) is 4.79 Å². The van der Waals surface area contributed by atoms with Gasteiger partial charge < -0.3 is 10.1 Å². The largest absolute Gasteiger partial charge is 0.478 e. The van der Waals surface area contributed by atoms with Crippen LogP contribution in [0.25, 0.3) is 22.4 Å². The van der Waals surface area contributed by atoms with Crippen LogP contribution < -0.4 is 0 Å². The summed E-state index contributed by atoms with van der Waals surface area (Å²) in [6.45, 7) is 4.73. The Hall–Kier alpha value is -2.81. The molecule has 0 saturated carbocycles. The highest BCUT2D eigenvalue weighted by molar-refractivity contribution is 5.89. The van der Waals surface area contributed by atoms with Crippen molar-refractivity contribution in [1.82, 2.24) is 4.98 Å². The molecule has 2 aliphatic rings. The Bertz CT molecular complexity index is 1090. The number of carbonyl (C=O) groups is 1. The zero-order valence-corrected chi connectivity index (χ0v) is 16.4. The Morgan fingerprint density at radius 3 is 2.54 bits per heavy atom. The second-order valence-corrected chi connectivity index (χ2v) is 8.84.